The van der Waals surface area contributed by atoms with Crippen LogP contribution in [0.1, 0.15) is 31.4 Å². The first-order chi connectivity index (χ1) is 8.58. The minimum absolute atomic E-state index is 0.241. The predicted octanol–water partition coefficient (Wildman–Crippen LogP) is 1.92. The summed E-state index contributed by atoms with van der Waals surface area (Å²) in [5, 5.41) is 6.35. The maximum atomic E-state index is 11.9. The number of nitrogens with one attached hydrogen (secondary N) is 2. The molecule has 0 saturated carbocycles. The Morgan fingerprint density at radius 3 is 2.67 bits per heavy atom. The zero-order valence-electron chi connectivity index (χ0n) is 10.9. The molecule has 0 aliphatic rings. The van der Waals surface area contributed by atoms with Crippen molar-refractivity contribution in [3.63, 3.8) is 0 Å². The van der Waals surface area contributed by atoms with Crippen molar-refractivity contribution in [2.24, 2.45) is 0 Å². The third kappa shape index (κ3) is 4.99. The molecular formula is C11H21N3O2S2. The van der Waals surface area contributed by atoms with Crippen LogP contribution in [-0.4, -0.2) is 37.2 Å². The van der Waals surface area contributed by atoms with Crippen LogP contribution in [0.2, 0.25) is 0 Å². The molecule has 0 spiro atoms. The average Bonchev–Trinajstić information content (AvgIpc) is 2.75. The summed E-state index contributed by atoms with van der Waals surface area (Å²) in [5.41, 5.74) is 0.572. The van der Waals surface area contributed by atoms with Gasteiger partial charge in [0.25, 0.3) is 0 Å². The number of aromatic nitrogens is 2. The second kappa shape index (κ2) is 7.81. The number of nitrogens with zero attached hydrogens (tertiary/aromatic N) is 1. The van der Waals surface area contributed by atoms with Crippen molar-refractivity contribution in [3.05, 3.63) is 11.9 Å². The number of hydrogen-bond donors (Lipinski definition) is 2. The molecule has 0 amide bonds. The molecule has 0 fully saturated rings. The van der Waals surface area contributed by atoms with Gasteiger partial charge in [-0.3, -0.25) is 5.10 Å². The molecule has 0 aliphatic carbocycles. The fourth-order valence-electron chi connectivity index (χ4n) is 1.62. The van der Waals surface area contributed by atoms with E-state index in [1.165, 1.54) is 18.4 Å². The van der Waals surface area contributed by atoms with Crippen LogP contribution >= 0.6 is 11.8 Å². The first-order valence-corrected chi connectivity index (χ1v) is 8.94. The van der Waals surface area contributed by atoms with Crippen LogP contribution < -0.4 is 4.72 Å². The lowest BCUT2D eigenvalue weighted by molar-refractivity contribution is 0.573. The molecule has 0 radical (unpaired) electrons. The van der Waals surface area contributed by atoms with E-state index in [1.54, 1.807) is 6.92 Å². The van der Waals surface area contributed by atoms with E-state index in [0.29, 0.717) is 12.2 Å². The highest BCUT2D eigenvalue weighted by atomic mass is 32.2. The van der Waals surface area contributed by atoms with Crippen molar-refractivity contribution in [3.8, 4) is 0 Å². The van der Waals surface area contributed by atoms with Crippen LogP contribution in [0.4, 0.5) is 0 Å². The number of unbranched alkanes of at least 4 members (excludes halogenated alkanes) is 3. The van der Waals surface area contributed by atoms with Gasteiger partial charge in [-0.05, 0) is 31.8 Å². The number of sulfonamides is 1. The van der Waals surface area contributed by atoms with Gasteiger partial charge in [0.05, 0.1) is 11.9 Å². The molecule has 1 aromatic heterocycles. The van der Waals surface area contributed by atoms with Gasteiger partial charge < -0.3 is 0 Å². The van der Waals surface area contributed by atoms with E-state index < -0.39 is 10.0 Å². The van der Waals surface area contributed by atoms with Crippen LogP contribution in [0.25, 0.3) is 0 Å². The molecule has 1 rings (SSSR count). The first kappa shape index (κ1) is 15.5. The second-order valence-corrected chi connectivity index (χ2v) is 6.89. The lowest BCUT2D eigenvalue weighted by Crippen LogP contribution is -2.25. The molecule has 104 valence electrons. The standard InChI is InChI=1S/C11H21N3O2S2/c1-10-11(9-12-14-10)18(15,16)13-7-5-3-4-6-8-17-2/h9,13H,3-8H2,1-2H3,(H,12,14). The number of rotatable bonds is 9. The van der Waals surface area contributed by atoms with E-state index in [-0.39, 0.29) is 4.90 Å². The summed E-state index contributed by atoms with van der Waals surface area (Å²) in [6, 6.07) is 0. The van der Waals surface area contributed by atoms with Gasteiger partial charge in [-0.25, -0.2) is 13.1 Å². The summed E-state index contributed by atoms with van der Waals surface area (Å²) in [4.78, 5) is 0.241. The molecule has 0 unspecified atom stereocenters. The minimum atomic E-state index is -3.39. The highest BCUT2D eigenvalue weighted by molar-refractivity contribution is 7.98. The first-order valence-electron chi connectivity index (χ1n) is 6.06. The second-order valence-electron chi connectivity index (χ2n) is 4.16. The van der Waals surface area contributed by atoms with Gasteiger partial charge >= 0.3 is 0 Å². The van der Waals surface area contributed by atoms with Crippen LogP contribution in [-0.2, 0) is 10.0 Å². The normalized spacial score (nSPS) is 11.9. The van der Waals surface area contributed by atoms with Crippen molar-refractivity contribution < 1.29 is 8.42 Å². The summed E-state index contributed by atoms with van der Waals surface area (Å²) in [5.74, 6) is 1.18. The maximum absolute atomic E-state index is 11.9. The van der Waals surface area contributed by atoms with Gasteiger partial charge in [-0.1, -0.05) is 12.8 Å². The largest absolute Gasteiger partial charge is 0.281 e. The summed E-state index contributed by atoms with van der Waals surface area (Å²) in [6.45, 7) is 2.19. The quantitative estimate of drug-likeness (QED) is 0.682. The Labute approximate surface area is 113 Å². The highest BCUT2D eigenvalue weighted by Gasteiger charge is 2.17. The van der Waals surface area contributed by atoms with Crippen LogP contribution in [0, 0.1) is 6.92 Å². The number of aromatic amines is 1. The molecule has 1 heterocycles. The molecule has 7 heteroatoms. The number of thioether (sulfide) groups is 1. The molecule has 0 atom stereocenters. The van der Waals surface area contributed by atoms with E-state index >= 15 is 0 Å². The Bertz CT molecular complexity index is 443. The molecule has 18 heavy (non-hydrogen) atoms. The summed E-state index contributed by atoms with van der Waals surface area (Å²) < 4.78 is 26.3. The lowest BCUT2D eigenvalue weighted by atomic mass is 10.2. The zero-order valence-corrected chi connectivity index (χ0v) is 12.5. The van der Waals surface area contributed by atoms with E-state index in [9.17, 15) is 8.42 Å². The van der Waals surface area contributed by atoms with Gasteiger partial charge in [0.15, 0.2) is 0 Å². The van der Waals surface area contributed by atoms with E-state index in [1.807, 2.05) is 11.8 Å². The number of hydrogen-bond acceptors (Lipinski definition) is 4. The molecule has 1 aromatic rings. The van der Waals surface area contributed by atoms with Gasteiger partial charge in [-0.2, -0.15) is 16.9 Å². The fourth-order valence-corrected chi connectivity index (χ4v) is 3.32. The van der Waals surface area contributed by atoms with Gasteiger partial charge in [0, 0.05) is 6.54 Å². The van der Waals surface area contributed by atoms with Gasteiger partial charge in [0.1, 0.15) is 4.90 Å². The molecule has 0 saturated heterocycles. The van der Waals surface area contributed by atoms with Crippen molar-refractivity contribution in [1.29, 1.82) is 0 Å². The molecule has 2 N–H and O–H groups in total. The third-order valence-electron chi connectivity index (χ3n) is 2.64. The molecule has 0 aromatic carbocycles. The summed E-state index contributed by atoms with van der Waals surface area (Å²) in [6.07, 6.45) is 7.75. The Kier molecular flexibility index (Phi) is 6.73. The average molecular weight is 291 g/mol. The monoisotopic (exact) mass is 291 g/mol. The van der Waals surface area contributed by atoms with Crippen LogP contribution in [0.3, 0.4) is 0 Å². The smallest absolute Gasteiger partial charge is 0.243 e. The SMILES string of the molecule is CSCCCCCCNS(=O)(=O)c1cn[nH]c1C. The lowest BCUT2D eigenvalue weighted by Gasteiger charge is -2.05. The predicted molar refractivity (Wildman–Crippen MR) is 75.4 cm³/mol. The summed E-state index contributed by atoms with van der Waals surface area (Å²) >= 11 is 1.85. The fraction of sp³-hybridized carbons (Fsp3) is 0.727. The van der Waals surface area contributed by atoms with Crippen molar-refractivity contribution in [1.82, 2.24) is 14.9 Å². The Morgan fingerprint density at radius 1 is 1.33 bits per heavy atom. The molecule has 5 nitrogen and oxygen atoms in total. The van der Waals surface area contributed by atoms with Crippen molar-refractivity contribution in [2.45, 2.75) is 37.5 Å². The van der Waals surface area contributed by atoms with E-state index in [4.69, 9.17) is 0 Å². The number of aryl methyl sites for hydroxylation is 1. The van der Waals surface area contributed by atoms with Crippen molar-refractivity contribution >= 4 is 21.8 Å². The Morgan fingerprint density at radius 2 is 2.06 bits per heavy atom. The number of H-pyrrole nitrogens is 1. The topological polar surface area (TPSA) is 74.8 Å². The van der Waals surface area contributed by atoms with E-state index in [0.717, 1.165) is 19.3 Å². The van der Waals surface area contributed by atoms with Gasteiger partial charge in [-0.15, -0.1) is 0 Å². The van der Waals surface area contributed by atoms with Crippen LogP contribution in [0.5, 0.6) is 0 Å². The Balaban J connectivity index is 2.25. The van der Waals surface area contributed by atoms with E-state index in [2.05, 4.69) is 21.2 Å². The zero-order chi connectivity index (χ0) is 13.4. The maximum Gasteiger partial charge on any atom is 0.243 e. The molecular weight excluding hydrogens is 270 g/mol. The molecule has 0 aliphatic heterocycles. The summed E-state index contributed by atoms with van der Waals surface area (Å²) in [7, 11) is -3.39. The highest BCUT2D eigenvalue weighted by Crippen LogP contribution is 2.11. The Hall–Kier alpha value is -0.530. The third-order valence-corrected chi connectivity index (χ3v) is 4.91. The van der Waals surface area contributed by atoms with Crippen molar-refractivity contribution in [2.75, 3.05) is 18.6 Å². The van der Waals surface area contributed by atoms with Crippen LogP contribution in [0.15, 0.2) is 11.1 Å². The van der Waals surface area contributed by atoms with Gasteiger partial charge in [0.2, 0.25) is 10.0 Å². The molecule has 0 bridgehead atoms. The minimum Gasteiger partial charge on any atom is -0.281 e.